The number of amides is 12. The molecule has 0 radical (unpaired) electrons. The minimum absolute atomic E-state index is 0.0515. The lowest BCUT2D eigenvalue weighted by atomic mass is 9.80. The van der Waals surface area contributed by atoms with E-state index >= 15 is 0 Å². The average Bonchev–Trinajstić information content (AvgIpc) is 1.50. The molecule has 7 fully saturated rings. The van der Waals surface area contributed by atoms with Crippen LogP contribution in [0.3, 0.4) is 0 Å². The molecule has 10 N–H and O–H groups in total. The van der Waals surface area contributed by atoms with Crippen molar-refractivity contribution in [2.24, 2.45) is 47.2 Å². The van der Waals surface area contributed by atoms with E-state index in [4.69, 9.17) is 22.9 Å². The van der Waals surface area contributed by atoms with Crippen molar-refractivity contribution < 1.29 is 43.2 Å². The number of urea groups is 3. The van der Waals surface area contributed by atoms with Gasteiger partial charge in [0.15, 0.2) is 0 Å². The van der Waals surface area contributed by atoms with Crippen LogP contribution in [0.2, 0.25) is 0 Å². The largest absolute Gasteiger partial charge is 0.384 e. The van der Waals surface area contributed by atoms with Crippen molar-refractivity contribution in [1.29, 1.82) is 0 Å². The van der Waals surface area contributed by atoms with Gasteiger partial charge < -0.3 is 43.4 Å². The van der Waals surface area contributed by atoms with Gasteiger partial charge in [0.05, 0.1) is 17.8 Å². The monoisotopic (exact) mass is 1350 g/mol. The minimum Gasteiger partial charge on any atom is -0.384 e. The van der Waals surface area contributed by atoms with Crippen molar-refractivity contribution in [2.75, 3.05) is 53.0 Å². The number of carbonyl (C=O) groups excluding carboxylic acids is 9. The van der Waals surface area contributed by atoms with Gasteiger partial charge in [-0.05, 0) is 185 Å². The number of β-lactam (4-membered cyclic amide) rings is 3. The topological polar surface area (TPSA) is 379 Å². The Morgan fingerprint density at radius 2 is 0.818 bits per heavy atom. The molecule has 4 aliphatic carbocycles. The zero-order valence-electron chi connectivity index (χ0n) is 56.3. The molecule has 3 aliphatic heterocycles. The summed E-state index contributed by atoms with van der Waals surface area (Å²) in [6, 6.07) is 20.0. The maximum atomic E-state index is 13.8. The number of aryl methyl sites for hydroxylation is 1. The predicted molar refractivity (Wildman–Crippen MR) is 370 cm³/mol. The van der Waals surface area contributed by atoms with Gasteiger partial charge in [0.2, 0.25) is 23.7 Å². The van der Waals surface area contributed by atoms with Crippen LogP contribution in [0.1, 0.15) is 112 Å². The molecule has 13 rings (SSSR count). The summed E-state index contributed by atoms with van der Waals surface area (Å²) in [5.74, 6) is -1.22. The van der Waals surface area contributed by atoms with Crippen LogP contribution in [-0.2, 0) is 48.0 Å². The van der Waals surface area contributed by atoms with E-state index in [0.29, 0.717) is 58.9 Å². The molecule has 7 aliphatic rings. The summed E-state index contributed by atoms with van der Waals surface area (Å²) in [6.07, 6.45) is 26.3. The number of pyridine rings is 4. The van der Waals surface area contributed by atoms with Gasteiger partial charge in [-0.3, -0.25) is 53.4 Å². The molecule has 0 spiro atoms. The number of nitrogens with zero attached hydrogens (tertiary/aromatic N) is 12. The number of likely N-dealkylation sites (N-methyl/N-ethyl adjacent to an activating group) is 3. The number of para-hydroxylation sites is 1. The molecule has 520 valence electrons. The fraction of sp³-hybridized carbons (Fsp3) is 0.458. The van der Waals surface area contributed by atoms with E-state index in [2.05, 4.69) is 40.5 Å². The standard InChI is InChI=1S/C28H36N6O3.C26H33N7O3.C18H19N5O3/c1-17-14-21(11-13-30-17)33(2)27(36)25-22(15-18-10-12-31-23(29)16-18)26(35)34(25)28(37)32-24(20-8-9-20)19-6-4-3-5-7-19;1-32(25-29-11-5-12-30-25)24(35)22-19(14-16-10-13-28-20(27)15-16)23(34)33(22)26(36)31-21(18-8-9-18)17-6-3-2-4-7-17;1-22(12-5-3-2-4-6-12)17(25)15-13(16(24)23(15)18(20)26)9-11-7-8-21-14(19)10-11/h10-14,16,19-20,22,24-25H,3-9,15H2,1-2H3,(H2,29,31)(H,32,37);5,10-13,15,17-19,21-22H,2-4,6-9,14H2,1H3,(H2,27,28)(H,31,36);2-8,10,13,15H,9H2,1H3,(H2,19,21)(H2,20,26)/t22-,24+,25+;19-,21+,22+;13-,15+/m111/s1. The maximum Gasteiger partial charge on any atom is 0.325 e. The number of nitrogens with one attached hydrogen (secondary N) is 2. The Kier molecular flexibility index (Phi) is 21.8. The third kappa shape index (κ3) is 16.1. The Bertz CT molecular complexity index is 3940. The molecule has 8 heterocycles. The number of nitrogens with two attached hydrogens (primary N) is 4. The van der Waals surface area contributed by atoms with Crippen LogP contribution < -0.4 is 48.3 Å². The van der Waals surface area contributed by atoms with E-state index in [-0.39, 0.29) is 54.5 Å². The number of hydrogen-bond donors (Lipinski definition) is 6. The zero-order chi connectivity index (χ0) is 70.2. The van der Waals surface area contributed by atoms with Gasteiger partial charge >= 0.3 is 18.1 Å². The van der Waals surface area contributed by atoms with Gasteiger partial charge in [0.25, 0.3) is 17.7 Å². The number of likely N-dealkylation sites (tertiary alicyclic amines) is 3. The number of primary amides is 1. The number of hydrogen-bond acceptors (Lipinski definition) is 18. The van der Waals surface area contributed by atoms with E-state index < -0.39 is 65.8 Å². The Morgan fingerprint density at radius 1 is 0.444 bits per heavy atom. The van der Waals surface area contributed by atoms with Crippen molar-refractivity contribution in [3.63, 3.8) is 0 Å². The molecule has 3 saturated heterocycles. The van der Waals surface area contributed by atoms with Crippen LogP contribution >= 0.6 is 0 Å². The molecule has 4 saturated carbocycles. The van der Waals surface area contributed by atoms with Crippen LogP contribution in [0.25, 0.3) is 0 Å². The highest BCUT2D eigenvalue weighted by Crippen LogP contribution is 2.44. The van der Waals surface area contributed by atoms with Crippen LogP contribution in [-0.4, -0.2) is 149 Å². The molecule has 1 aromatic carbocycles. The second-order valence-electron chi connectivity index (χ2n) is 27.1. The molecule has 27 heteroatoms. The minimum atomic E-state index is -0.952. The lowest BCUT2D eigenvalue weighted by Crippen LogP contribution is -2.71. The maximum absolute atomic E-state index is 13.8. The van der Waals surface area contributed by atoms with Gasteiger partial charge in [-0.15, -0.1) is 0 Å². The molecule has 0 bridgehead atoms. The zero-order valence-corrected chi connectivity index (χ0v) is 56.3. The summed E-state index contributed by atoms with van der Waals surface area (Å²) in [5.41, 5.74) is 27.1. The van der Waals surface area contributed by atoms with Crippen molar-refractivity contribution in [3.8, 4) is 0 Å². The third-order valence-corrected chi connectivity index (χ3v) is 20.4. The summed E-state index contributed by atoms with van der Waals surface area (Å²) in [5, 5.41) is 6.37. The summed E-state index contributed by atoms with van der Waals surface area (Å²) in [6.45, 7) is 1.86. The average molecular weight is 1350 g/mol. The normalized spacial score (nSPS) is 21.9. The van der Waals surface area contributed by atoms with Gasteiger partial charge in [0.1, 0.15) is 35.6 Å². The first kappa shape index (κ1) is 69.9. The Morgan fingerprint density at radius 3 is 1.21 bits per heavy atom. The van der Waals surface area contributed by atoms with Crippen LogP contribution in [0.5, 0.6) is 0 Å². The van der Waals surface area contributed by atoms with E-state index in [9.17, 15) is 43.2 Å². The molecule has 5 aromatic heterocycles. The fourth-order valence-corrected chi connectivity index (χ4v) is 14.8. The van der Waals surface area contributed by atoms with Crippen LogP contribution in [0.4, 0.5) is 49.2 Å². The van der Waals surface area contributed by atoms with Crippen molar-refractivity contribution in [1.82, 2.24) is 55.2 Å². The van der Waals surface area contributed by atoms with Crippen LogP contribution in [0, 0.1) is 48.3 Å². The summed E-state index contributed by atoms with van der Waals surface area (Å²) in [4.78, 5) is 150. The molecule has 0 unspecified atom stereocenters. The quantitative estimate of drug-likeness (QED) is 0.0482. The molecule has 99 heavy (non-hydrogen) atoms. The highest BCUT2D eigenvalue weighted by Gasteiger charge is 2.58. The Hall–Kier alpha value is -10.5. The number of rotatable bonds is 18. The van der Waals surface area contributed by atoms with Crippen molar-refractivity contribution in [2.45, 2.75) is 146 Å². The second kappa shape index (κ2) is 30.9. The fourth-order valence-electron chi connectivity index (χ4n) is 14.8. The number of aromatic nitrogens is 6. The van der Waals surface area contributed by atoms with E-state index in [1.165, 1.54) is 59.4 Å². The Balaban J connectivity index is 0.000000153. The highest BCUT2D eigenvalue weighted by atomic mass is 16.2. The third-order valence-electron chi connectivity index (χ3n) is 20.4. The molecule has 6 aromatic rings. The Labute approximate surface area is 575 Å². The molecule has 8 atom stereocenters. The number of anilines is 6. The molecular formula is C72H88N18O9. The summed E-state index contributed by atoms with van der Waals surface area (Å²) >= 11 is 0. The first-order valence-electron chi connectivity index (χ1n) is 34.3. The molecule has 27 nitrogen and oxygen atoms in total. The lowest BCUT2D eigenvalue weighted by molar-refractivity contribution is -0.156. The van der Waals surface area contributed by atoms with E-state index in [1.807, 2.05) is 19.1 Å². The summed E-state index contributed by atoms with van der Waals surface area (Å²) in [7, 11) is 4.83. The second-order valence-corrected chi connectivity index (χ2v) is 27.1. The number of carbonyl (C=O) groups is 9. The van der Waals surface area contributed by atoms with Gasteiger partial charge in [0, 0.05) is 87.5 Å². The van der Waals surface area contributed by atoms with Gasteiger partial charge in [-0.1, -0.05) is 56.7 Å². The molecule has 12 amide bonds. The van der Waals surface area contributed by atoms with E-state index in [0.717, 1.165) is 88.5 Å². The number of nitrogen functional groups attached to an aromatic ring is 3. The first-order valence-corrected chi connectivity index (χ1v) is 34.3. The van der Waals surface area contributed by atoms with Crippen molar-refractivity contribution >= 4 is 88.3 Å². The van der Waals surface area contributed by atoms with Crippen molar-refractivity contribution in [3.05, 3.63) is 144 Å². The van der Waals surface area contributed by atoms with Gasteiger partial charge in [-0.25, -0.2) is 39.3 Å². The van der Waals surface area contributed by atoms with Crippen LogP contribution in [0.15, 0.2) is 122 Å². The lowest BCUT2D eigenvalue weighted by Gasteiger charge is -2.46. The predicted octanol–water partition coefficient (Wildman–Crippen LogP) is 6.80. The SMILES string of the molecule is CN(C(=O)[C@@H]1[C@@H](Cc2ccnc(N)c2)C(=O)N1C(=O)N[C@@H](C1CCCCC1)C1CC1)c1ncccn1.CN(C(=O)[C@@H]1[C@@H](Cc2ccnc(N)c2)C(=O)N1C(N)=O)c1ccccc1.Cc1cc(N(C)C(=O)[C@@H]2[C@@H](Cc3ccnc(N)c3)C(=O)N2C(=O)N[C@@H](C2CCCCC2)C2CC2)ccn1. The highest BCUT2D eigenvalue weighted by molar-refractivity contribution is 6.14. The van der Waals surface area contributed by atoms with Gasteiger partial charge in [-0.2, -0.15) is 0 Å². The number of benzene rings is 1. The first-order chi connectivity index (χ1) is 47.7. The van der Waals surface area contributed by atoms with E-state index in [1.54, 1.807) is 125 Å². The number of imide groups is 3. The smallest absolute Gasteiger partial charge is 0.325 e. The molecular weight excluding hydrogens is 1260 g/mol. The summed E-state index contributed by atoms with van der Waals surface area (Å²) < 4.78 is 0.